The molecule has 0 bridgehead atoms. The molecular formula is C35H43Cl2N3O4S. The molecule has 1 aliphatic carbocycles. The third kappa shape index (κ3) is 9.96. The number of hydrogen-bond donors (Lipinski definition) is 1. The van der Waals surface area contributed by atoms with Crippen LogP contribution in [-0.4, -0.2) is 50.0 Å². The summed E-state index contributed by atoms with van der Waals surface area (Å²) in [6.07, 6.45) is 6.94. The van der Waals surface area contributed by atoms with Gasteiger partial charge in [-0.25, -0.2) is 8.42 Å². The highest BCUT2D eigenvalue weighted by atomic mass is 35.5. The highest BCUT2D eigenvalue weighted by molar-refractivity contribution is 7.92. The number of benzene rings is 3. The Morgan fingerprint density at radius 3 is 2.29 bits per heavy atom. The highest BCUT2D eigenvalue weighted by Crippen LogP contribution is 2.26. The number of halogens is 2. The summed E-state index contributed by atoms with van der Waals surface area (Å²) in [5.74, 6) is -0.452. The topological polar surface area (TPSA) is 86.8 Å². The van der Waals surface area contributed by atoms with E-state index in [0.29, 0.717) is 27.7 Å². The van der Waals surface area contributed by atoms with E-state index < -0.39 is 16.1 Å². The van der Waals surface area contributed by atoms with Crippen LogP contribution < -0.4 is 9.62 Å². The fraction of sp³-hybridized carbons (Fsp3) is 0.429. The van der Waals surface area contributed by atoms with Crippen molar-refractivity contribution in [3.05, 3.63) is 99.0 Å². The average molecular weight is 673 g/mol. The van der Waals surface area contributed by atoms with Crippen LogP contribution in [0.2, 0.25) is 10.0 Å². The molecule has 7 nitrogen and oxygen atoms in total. The molecule has 0 unspecified atom stereocenters. The summed E-state index contributed by atoms with van der Waals surface area (Å²) in [5, 5.41) is 4.12. The molecule has 3 aromatic rings. The van der Waals surface area contributed by atoms with Gasteiger partial charge in [0.2, 0.25) is 21.8 Å². The van der Waals surface area contributed by atoms with Gasteiger partial charge in [-0.15, -0.1) is 0 Å². The zero-order valence-corrected chi connectivity index (χ0v) is 28.6. The maximum Gasteiger partial charge on any atom is 0.243 e. The van der Waals surface area contributed by atoms with Crippen molar-refractivity contribution in [3.8, 4) is 0 Å². The first-order valence-electron chi connectivity index (χ1n) is 15.5. The number of carbonyl (C=O) groups excluding carboxylic acids is 2. The lowest BCUT2D eigenvalue weighted by molar-refractivity contribution is -0.141. The van der Waals surface area contributed by atoms with E-state index in [1.54, 1.807) is 29.2 Å². The van der Waals surface area contributed by atoms with Crippen LogP contribution in [-0.2, 0) is 32.6 Å². The summed E-state index contributed by atoms with van der Waals surface area (Å²) in [7, 11) is -3.60. The van der Waals surface area contributed by atoms with Crippen molar-refractivity contribution in [2.45, 2.75) is 83.8 Å². The molecule has 0 aliphatic heterocycles. The average Bonchev–Trinajstić information content (AvgIpc) is 3.00. The minimum atomic E-state index is -3.60. The predicted molar refractivity (Wildman–Crippen MR) is 183 cm³/mol. The van der Waals surface area contributed by atoms with Crippen molar-refractivity contribution < 1.29 is 18.0 Å². The van der Waals surface area contributed by atoms with Crippen LogP contribution in [0.15, 0.2) is 66.7 Å². The number of amides is 2. The van der Waals surface area contributed by atoms with Gasteiger partial charge in [-0.3, -0.25) is 13.9 Å². The summed E-state index contributed by atoms with van der Waals surface area (Å²) in [6.45, 7) is 4.14. The van der Waals surface area contributed by atoms with E-state index >= 15 is 0 Å². The van der Waals surface area contributed by atoms with Gasteiger partial charge in [0.25, 0.3) is 0 Å². The van der Waals surface area contributed by atoms with Crippen molar-refractivity contribution in [1.82, 2.24) is 10.2 Å². The molecule has 10 heteroatoms. The van der Waals surface area contributed by atoms with Gasteiger partial charge in [0.15, 0.2) is 0 Å². The number of sulfonamides is 1. The smallest absolute Gasteiger partial charge is 0.243 e. The van der Waals surface area contributed by atoms with Gasteiger partial charge in [-0.2, -0.15) is 0 Å². The van der Waals surface area contributed by atoms with E-state index in [0.717, 1.165) is 48.8 Å². The Kier molecular flexibility index (Phi) is 12.3. The Balaban J connectivity index is 1.61. The molecule has 0 saturated heterocycles. The molecule has 4 rings (SSSR count). The van der Waals surface area contributed by atoms with Crippen molar-refractivity contribution in [2.75, 3.05) is 17.1 Å². The maximum absolute atomic E-state index is 14.1. The molecule has 45 heavy (non-hydrogen) atoms. The Bertz CT molecular complexity index is 1580. The number of aryl methyl sites for hydroxylation is 2. The van der Waals surface area contributed by atoms with Crippen LogP contribution in [0.5, 0.6) is 0 Å². The fourth-order valence-electron chi connectivity index (χ4n) is 5.82. The lowest BCUT2D eigenvalue weighted by Crippen LogP contribution is -2.53. The van der Waals surface area contributed by atoms with Crippen LogP contribution >= 0.6 is 23.2 Å². The van der Waals surface area contributed by atoms with Crippen LogP contribution in [0.4, 0.5) is 5.69 Å². The molecule has 0 radical (unpaired) electrons. The molecule has 1 atom stereocenters. The molecule has 2 amide bonds. The second-order valence-corrected chi connectivity index (χ2v) is 14.8. The number of carbonyl (C=O) groups is 2. The molecule has 242 valence electrons. The van der Waals surface area contributed by atoms with E-state index in [-0.39, 0.29) is 43.8 Å². The quantitative estimate of drug-likeness (QED) is 0.207. The Hall–Kier alpha value is -3.07. The van der Waals surface area contributed by atoms with Gasteiger partial charge in [-0.1, -0.05) is 84.9 Å². The fourth-order valence-corrected chi connectivity index (χ4v) is 7.24. The molecule has 1 aliphatic rings. The van der Waals surface area contributed by atoms with Crippen LogP contribution in [0, 0.1) is 13.8 Å². The number of anilines is 1. The summed E-state index contributed by atoms with van der Waals surface area (Å²) in [6, 6.07) is 19.6. The first-order chi connectivity index (χ1) is 21.4. The minimum Gasteiger partial charge on any atom is -0.352 e. The standard InChI is InChI=1S/C35H43Cl2N3O4S/c1-25-16-19-31(21-26(25)2)40(45(3,43)44)20-10-15-34(41)39(24-28-17-18-29(36)23-32(28)37)33(22-27-11-6-4-7-12-27)35(42)38-30-13-8-5-9-14-30/h4,6-7,11-12,16-19,21,23,30,33H,5,8-10,13-15,20,22,24H2,1-3H3,(H,38,42)/t33-/m1/s1. The summed E-state index contributed by atoms with van der Waals surface area (Å²) in [4.78, 5) is 29.7. The largest absolute Gasteiger partial charge is 0.352 e. The molecule has 1 saturated carbocycles. The van der Waals surface area contributed by atoms with Gasteiger partial charge < -0.3 is 10.2 Å². The number of hydrogen-bond acceptors (Lipinski definition) is 4. The maximum atomic E-state index is 14.1. The van der Waals surface area contributed by atoms with Crippen molar-refractivity contribution >= 4 is 50.7 Å². The second-order valence-electron chi connectivity index (χ2n) is 12.0. The molecular weight excluding hydrogens is 629 g/mol. The lowest BCUT2D eigenvalue weighted by Gasteiger charge is -2.34. The van der Waals surface area contributed by atoms with E-state index in [1.165, 1.54) is 10.6 Å². The number of rotatable bonds is 13. The van der Waals surface area contributed by atoms with E-state index in [1.807, 2.05) is 56.3 Å². The first kappa shape index (κ1) is 34.8. The molecule has 3 aromatic carbocycles. The van der Waals surface area contributed by atoms with Crippen molar-refractivity contribution in [3.63, 3.8) is 0 Å². The van der Waals surface area contributed by atoms with Crippen LogP contribution in [0.3, 0.4) is 0 Å². The Morgan fingerprint density at radius 2 is 1.64 bits per heavy atom. The summed E-state index contributed by atoms with van der Waals surface area (Å²) < 4.78 is 26.9. The third-order valence-corrected chi connectivity index (χ3v) is 10.3. The lowest BCUT2D eigenvalue weighted by atomic mass is 9.94. The Morgan fingerprint density at radius 1 is 0.933 bits per heavy atom. The number of nitrogens with one attached hydrogen (secondary N) is 1. The van der Waals surface area contributed by atoms with E-state index in [4.69, 9.17) is 23.2 Å². The Labute approximate surface area is 278 Å². The zero-order valence-electron chi connectivity index (χ0n) is 26.3. The zero-order chi connectivity index (χ0) is 32.6. The minimum absolute atomic E-state index is 0.0457. The summed E-state index contributed by atoms with van der Waals surface area (Å²) >= 11 is 12.7. The molecule has 1 fully saturated rings. The van der Waals surface area contributed by atoms with Gasteiger partial charge in [0.1, 0.15) is 6.04 Å². The molecule has 0 aromatic heterocycles. The van der Waals surface area contributed by atoms with Gasteiger partial charge in [0, 0.05) is 42.0 Å². The third-order valence-electron chi connectivity index (χ3n) is 8.51. The monoisotopic (exact) mass is 671 g/mol. The van der Waals surface area contributed by atoms with Crippen molar-refractivity contribution in [2.24, 2.45) is 0 Å². The second kappa shape index (κ2) is 16.0. The summed E-state index contributed by atoms with van der Waals surface area (Å²) in [5.41, 5.74) is 4.21. The number of nitrogens with zero attached hydrogens (tertiary/aromatic N) is 2. The van der Waals surface area contributed by atoms with E-state index in [9.17, 15) is 18.0 Å². The molecule has 1 N–H and O–H groups in total. The normalized spacial score (nSPS) is 14.5. The molecule has 0 heterocycles. The van der Waals surface area contributed by atoms with Gasteiger partial charge in [-0.05, 0) is 79.6 Å². The van der Waals surface area contributed by atoms with Crippen molar-refractivity contribution in [1.29, 1.82) is 0 Å². The molecule has 0 spiro atoms. The predicted octanol–water partition coefficient (Wildman–Crippen LogP) is 7.25. The SMILES string of the molecule is Cc1ccc(N(CCCC(=O)N(Cc2ccc(Cl)cc2Cl)[C@H](Cc2ccccc2)C(=O)NC2CCCCC2)S(C)(=O)=O)cc1C. The van der Waals surface area contributed by atoms with Crippen LogP contribution in [0.25, 0.3) is 0 Å². The van der Waals surface area contributed by atoms with Gasteiger partial charge in [0.05, 0.1) is 11.9 Å². The first-order valence-corrected chi connectivity index (χ1v) is 18.2. The van der Waals surface area contributed by atoms with Gasteiger partial charge >= 0.3 is 0 Å². The van der Waals surface area contributed by atoms with Crippen LogP contribution in [0.1, 0.15) is 67.2 Å². The highest BCUT2D eigenvalue weighted by Gasteiger charge is 2.32. The van der Waals surface area contributed by atoms with E-state index in [2.05, 4.69) is 5.32 Å².